The van der Waals surface area contributed by atoms with E-state index in [0.717, 1.165) is 51.4 Å². The number of hydroxylamine groups is 2. The van der Waals surface area contributed by atoms with Crippen LogP contribution in [-0.4, -0.2) is 87.3 Å². The first kappa shape index (κ1) is 27.2. The van der Waals surface area contributed by atoms with Gasteiger partial charge in [-0.3, -0.25) is 19.2 Å². The first-order valence-corrected chi connectivity index (χ1v) is 15.1. The molecule has 5 heterocycles. The van der Waals surface area contributed by atoms with Crippen molar-refractivity contribution in [2.24, 2.45) is 0 Å². The van der Waals surface area contributed by atoms with Crippen LogP contribution in [0.5, 0.6) is 0 Å². The summed E-state index contributed by atoms with van der Waals surface area (Å²) in [5.74, 6) is -1.17. The van der Waals surface area contributed by atoms with E-state index in [2.05, 4.69) is 4.98 Å². The normalized spacial score (nSPS) is 38.9. The second-order valence-corrected chi connectivity index (χ2v) is 12.4. The topological polar surface area (TPSA) is 134 Å². The fourth-order valence-corrected chi connectivity index (χ4v) is 7.58. The lowest BCUT2D eigenvalue weighted by Crippen LogP contribution is -2.48. The number of hydrogen-bond donors (Lipinski definition) is 2. The summed E-state index contributed by atoms with van der Waals surface area (Å²) in [6.07, 6.45) is 9.69. The van der Waals surface area contributed by atoms with Crippen molar-refractivity contribution in [3.8, 4) is 0 Å². The summed E-state index contributed by atoms with van der Waals surface area (Å²) in [7, 11) is 0. The van der Waals surface area contributed by atoms with E-state index < -0.39 is 47.4 Å². The van der Waals surface area contributed by atoms with Gasteiger partial charge in [-0.25, -0.2) is 4.79 Å². The Morgan fingerprint density at radius 3 is 2.38 bits per heavy atom. The third kappa shape index (κ3) is 4.80. The van der Waals surface area contributed by atoms with Crippen molar-refractivity contribution in [1.82, 2.24) is 14.6 Å². The first-order valence-electron chi connectivity index (χ1n) is 15.1. The number of H-pyrrole nitrogens is 1. The van der Waals surface area contributed by atoms with Crippen LogP contribution in [0.15, 0.2) is 15.8 Å². The number of fused-ring (bicyclic) bond motifs is 1. The molecule has 4 aliphatic heterocycles. The van der Waals surface area contributed by atoms with E-state index >= 15 is 0 Å². The molecule has 2 N–H and O–H groups in total. The van der Waals surface area contributed by atoms with E-state index in [0.29, 0.717) is 18.6 Å². The largest absolute Gasteiger partial charge is 0.395 e. The van der Waals surface area contributed by atoms with Crippen molar-refractivity contribution >= 4 is 0 Å². The number of ether oxygens (including phenoxy) is 5. The van der Waals surface area contributed by atoms with Gasteiger partial charge < -0.3 is 28.8 Å². The van der Waals surface area contributed by atoms with E-state index in [-0.39, 0.29) is 31.4 Å². The van der Waals surface area contributed by atoms with Crippen LogP contribution in [0, 0.1) is 6.92 Å². The van der Waals surface area contributed by atoms with Crippen LogP contribution in [0.1, 0.15) is 76.2 Å². The van der Waals surface area contributed by atoms with Crippen LogP contribution in [0.3, 0.4) is 0 Å². The average Bonchev–Trinajstić information content (AvgIpc) is 3.71. The minimum Gasteiger partial charge on any atom is -0.395 e. The van der Waals surface area contributed by atoms with Gasteiger partial charge in [-0.1, -0.05) is 12.8 Å². The standard InChI is InChI=1S/C28H41N3O9/c1-17-13-30(26(34)29-24(17)33)14-19-12-18(15-32)31(40-19)25-23-22(38-28(39-23)10-6-3-7-11-28)21(36-25)20-16-35-27(37-20)8-4-2-5-9-27/h13,18-23,25,32H,2-12,14-16H2,1H3,(H,29,33,34)/t18-,19+,20+,21+,22-,23-,25-/m0/s1. The van der Waals surface area contributed by atoms with Crippen LogP contribution < -0.4 is 11.2 Å². The zero-order valence-electron chi connectivity index (χ0n) is 23.1. The Morgan fingerprint density at radius 1 is 0.950 bits per heavy atom. The molecule has 1 aromatic rings. The average molecular weight is 564 g/mol. The van der Waals surface area contributed by atoms with E-state index in [1.807, 2.05) is 0 Å². The number of aliphatic hydroxyl groups excluding tert-OH is 1. The van der Waals surface area contributed by atoms with E-state index in [4.69, 9.17) is 28.5 Å². The Bertz CT molecular complexity index is 1190. The minimum absolute atomic E-state index is 0.143. The molecule has 6 fully saturated rings. The van der Waals surface area contributed by atoms with Gasteiger partial charge in [0.05, 0.1) is 31.9 Å². The number of rotatable bonds is 5. The zero-order valence-corrected chi connectivity index (χ0v) is 23.1. The molecule has 2 saturated carbocycles. The van der Waals surface area contributed by atoms with Crippen LogP contribution in [0.25, 0.3) is 0 Å². The monoisotopic (exact) mass is 563 g/mol. The molecule has 0 radical (unpaired) electrons. The van der Waals surface area contributed by atoms with E-state index in [9.17, 15) is 14.7 Å². The van der Waals surface area contributed by atoms with Gasteiger partial charge in [0, 0.05) is 37.4 Å². The highest BCUT2D eigenvalue weighted by molar-refractivity contribution is 5.05. The molecule has 0 unspecified atom stereocenters. The second kappa shape index (κ2) is 10.6. The van der Waals surface area contributed by atoms with Crippen molar-refractivity contribution in [2.45, 2.75) is 138 Å². The molecule has 222 valence electrons. The molecule has 0 bridgehead atoms. The second-order valence-electron chi connectivity index (χ2n) is 12.4. The molecule has 40 heavy (non-hydrogen) atoms. The lowest BCUT2D eigenvalue weighted by molar-refractivity contribution is -0.302. The Labute approximate surface area is 232 Å². The van der Waals surface area contributed by atoms with Gasteiger partial charge >= 0.3 is 5.69 Å². The highest BCUT2D eigenvalue weighted by Crippen LogP contribution is 2.50. The third-order valence-corrected chi connectivity index (χ3v) is 9.62. The van der Waals surface area contributed by atoms with Gasteiger partial charge in [-0.05, 0) is 39.0 Å². The summed E-state index contributed by atoms with van der Waals surface area (Å²) < 4.78 is 34.4. The SMILES string of the molecule is Cc1cn(C[C@H]2C[C@@H](CO)N([C@H]3O[C@H]([C@H]4COC5(CCCCC5)O4)[C@@H]4OC5(CCCCC5)O[C@@H]43)O2)c(=O)[nH]c1=O. The van der Waals surface area contributed by atoms with Gasteiger partial charge in [0.15, 0.2) is 17.8 Å². The van der Waals surface area contributed by atoms with Gasteiger partial charge in [0.25, 0.3) is 5.56 Å². The Morgan fingerprint density at radius 2 is 1.65 bits per heavy atom. The number of hydrogen-bond acceptors (Lipinski definition) is 10. The highest BCUT2D eigenvalue weighted by Gasteiger charge is 2.64. The molecule has 2 aliphatic carbocycles. The molecule has 0 aromatic carbocycles. The van der Waals surface area contributed by atoms with Crippen molar-refractivity contribution < 1.29 is 33.6 Å². The van der Waals surface area contributed by atoms with Crippen LogP contribution in [0.2, 0.25) is 0 Å². The summed E-state index contributed by atoms with van der Waals surface area (Å²) in [6.45, 7) is 2.19. The summed E-state index contributed by atoms with van der Waals surface area (Å²) in [5.41, 5.74) is -0.443. The van der Waals surface area contributed by atoms with Crippen molar-refractivity contribution in [3.63, 3.8) is 0 Å². The van der Waals surface area contributed by atoms with Crippen LogP contribution in [0.4, 0.5) is 0 Å². The Balaban J connectivity index is 1.12. The lowest BCUT2D eigenvalue weighted by atomic mass is 9.94. The molecule has 7 atom stereocenters. The van der Waals surface area contributed by atoms with Crippen molar-refractivity contribution in [3.05, 3.63) is 32.6 Å². The molecule has 12 nitrogen and oxygen atoms in total. The molecule has 4 saturated heterocycles. The van der Waals surface area contributed by atoms with E-state index in [1.54, 1.807) is 18.2 Å². The predicted molar refractivity (Wildman–Crippen MR) is 139 cm³/mol. The number of aromatic amines is 1. The maximum absolute atomic E-state index is 12.4. The first-order chi connectivity index (χ1) is 19.4. The molecule has 1 aromatic heterocycles. The third-order valence-electron chi connectivity index (χ3n) is 9.62. The molecule has 12 heteroatoms. The fraction of sp³-hybridized carbons (Fsp3) is 0.857. The van der Waals surface area contributed by atoms with Gasteiger partial charge in [-0.2, -0.15) is 5.06 Å². The summed E-state index contributed by atoms with van der Waals surface area (Å²) >= 11 is 0. The quantitative estimate of drug-likeness (QED) is 0.542. The summed E-state index contributed by atoms with van der Waals surface area (Å²) in [5, 5.41) is 12.0. The van der Waals surface area contributed by atoms with Crippen LogP contribution in [-0.2, 0) is 35.1 Å². The molecule has 2 spiro atoms. The van der Waals surface area contributed by atoms with Crippen molar-refractivity contribution in [2.75, 3.05) is 13.2 Å². The van der Waals surface area contributed by atoms with Gasteiger partial charge in [-0.15, -0.1) is 0 Å². The number of aryl methyl sites for hydroxylation is 1. The number of aromatic nitrogens is 2. The lowest BCUT2D eigenvalue weighted by Gasteiger charge is -2.37. The number of nitrogens with zero attached hydrogens (tertiary/aromatic N) is 2. The zero-order chi connectivity index (χ0) is 27.5. The van der Waals surface area contributed by atoms with Crippen LogP contribution >= 0.6 is 0 Å². The Hall–Kier alpha value is -1.64. The van der Waals surface area contributed by atoms with Gasteiger partial charge in [0.1, 0.15) is 24.4 Å². The maximum Gasteiger partial charge on any atom is 0.328 e. The highest BCUT2D eigenvalue weighted by atomic mass is 16.8. The molecular weight excluding hydrogens is 522 g/mol. The number of aliphatic hydroxyl groups is 1. The smallest absolute Gasteiger partial charge is 0.328 e. The van der Waals surface area contributed by atoms with Gasteiger partial charge in [0.2, 0.25) is 0 Å². The van der Waals surface area contributed by atoms with Crippen molar-refractivity contribution in [1.29, 1.82) is 0 Å². The molecular formula is C28H41N3O9. The fourth-order valence-electron chi connectivity index (χ4n) is 7.58. The minimum atomic E-state index is -0.634. The predicted octanol–water partition coefficient (Wildman–Crippen LogP) is 1.46. The molecule has 7 rings (SSSR count). The summed E-state index contributed by atoms with van der Waals surface area (Å²) in [6, 6.07) is -0.356. The molecule has 6 aliphatic rings. The van der Waals surface area contributed by atoms with E-state index in [1.165, 1.54) is 17.4 Å². The number of nitrogens with one attached hydrogen (secondary N) is 1. The molecule has 0 amide bonds. The maximum atomic E-state index is 12.4. The Kier molecular flexibility index (Phi) is 7.19. The summed E-state index contributed by atoms with van der Waals surface area (Å²) in [4.78, 5) is 32.9.